The highest BCUT2D eigenvalue weighted by Gasteiger charge is 2.26. The molecule has 0 saturated carbocycles. The molecule has 88 valence electrons. The maximum atomic E-state index is 10.9. The van der Waals surface area contributed by atoms with E-state index in [0.29, 0.717) is 6.54 Å². The van der Waals surface area contributed by atoms with E-state index >= 15 is 0 Å². The summed E-state index contributed by atoms with van der Waals surface area (Å²) in [5.41, 5.74) is 0.178. The molecule has 1 aromatic rings. The summed E-state index contributed by atoms with van der Waals surface area (Å²) in [6.45, 7) is 5.62. The zero-order chi connectivity index (χ0) is 12.3. The number of rotatable bonds is 4. The number of hydrogen-bond donors (Lipinski definition) is 2. The van der Waals surface area contributed by atoms with Crippen molar-refractivity contribution in [3.8, 4) is 0 Å². The Morgan fingerprint density at radius 3 is 2.75 bits per heavy atom. The van der Waals surface area contributed by atoms with Crippen molar-refractivity contribution in [2.24, 2.45) is 5.41 Å². The van der Waals surface area contributed by atoms with Crippen LogP contribution in [0.1, 0.15) is 19.4 Å². The molecule has 0 spiro atoms. The average molecular weight is 287 g/mol. The van der Waals surface area contributed by atoms with Crippen LogP contribution in [-0.4, -0.2) is 22.6 Å². The minimum atomic E-state index is -0.824. The molecule has 0 aliphatic heterocycles. The first-order valence-corrected chi connectivity index (χ1v) is 5.71. The van der Waals surface area contributed by atoms with E-state index in [1.807, 2.05) is 13.0 Å². The van der Waals surface area contributed by atoms with Crippen LogP contribution in [0.4, 0.5) is 5.82 Å². The molecule has 0 bridgehead atoms. The maximum Gasteiger partial charge on any atom is 0.310 e. The standard InChI is InChI=1S/C11H15BrN2O2/c1-7-4-8(12)5-13-9(7)14-6-11(2,3)10(15)16/h4-5H,6H2,1-3H3,(H,13,14)(H,15,16). The molecule has 4 nitrogen and oxygen atoms in total. The van der Waals surface area contributed by atoms with Crippen LogP contribution in [-0.2, 0) is 4.79 Å². The van der Waals surface area contributed by atoms with Crippen LogP contribution in [0, 0.1) is 12.3 Å². The third-order valence-electron chi connectivity index (χ3n) is 2.32. The van der Waals surface area contributed by atoms with Gasteiger partial charge in [0.15, 0.2) is 0 Å². The Bertz CT molecular complexity index is 405. The lowest BCUT2D eigenvalue weighted by atomic mass is 9.94. The van der Waals surface area contributed by atoms with Gasteiger partial charge in [0.1, 0.15) is 5.82 Å². The van der Waals surface area contributed by atoms with E-state index in [4.69, 9.17) is 5.11 Å². The number of aryl methyl sites for hydroxylation is 1. The summed E-state index contributed by atoms with van der Waals surface area (Å²) in [7, 11) is 0. The van der Waals surface area contributed by atoms with Crippen molar-refractivity contribution < 1.29 is 9.90 Å². The number of carboxylic acid groups (broad SMARTS) is 1. The maximum absolute atomic E-state index is 10.9. The van der Waals surface area contributed by atoms with Gasteiger partial charge in [-0.2, -0.15) is 0 Å². The first-order valence-electron chi connectivity index (χ1n) is 4.92. The van der Waals surface area contributed by atoms with E-state index in [1.165, 1.54) is 0 Å². The Labute approximate surface area is 103 Å². The number of carboxylic acids is 1. The van der Waals surface area contributed by atoms with E-state index in [-0.39, 0.29) is 0 Å². The summed E-state index contributed by atoms with van der Waals surface area (Å²) in [6, 6.07) is 1.93. The third kappa shape index (κ3) is 3.20. The van der Waals surface area contributed by atoms with Gasteiger partial charge in [-0.1, -0.05) is 0 Å². The van der Waals surface area contributed by atoms with Gasteiger partial charge in [0, 0.05) is 17.2 Å². The molecule has 0 aliphatic rings. The van der Waals surface area contributed by atoms with Crippen LogP contribution < -0.4 is 5.32 Å². The first-order chi connectivity index (χ1) is 7.33. The average Bonchev–Trinajstić information content (AvgIpc) is 2.16. The predicted molar refractivity (Wildman–Crippen MR) is 66.6 cm³/mol. The van der Waals surface area contributed by atoms with E-state index < -0.39 is 11.4 Å². The molecule has 0 atom stereocenters. The zero-order valence-electron chi connectivity index (χ0n) is 9.54. The Kier molecular flexibility index (Phi) is 3.91. The monoisotopic (exact) mass is 286 g/mol. The van der Waals surface area contributed by atoms with Crippen LogP contribution in [0.3, 0.4) is 0 Å². The molecule has 1 aromatic heterocycles. The van der Waals surface area contributed by atoms with Gasteiger partial charge in [-0.3, -0.25) is 4.79 Å². The molecule has 2 N–H and O–H groups in total. The molecule has 0 fully saturated rings. The number of nitrogens with one attached hydrogen (secondary N) is 1. The Morgan fingerprint density at radius 1 is 1.62 bits per heavy atom. The molecule has 0 amide bonds. The van der Waals surface area contributed by atoms with Crippen molar-refractivity contribution in [2.75, 3.05) is 11.9 Å². The summed E-state index contributed by atoms with van der Waals surface area (Å²) in [6.07, 6.45) is 1.68. The van der Waals surface area contributed by atoms with Gasteiger partial charge < -0.3 is 10.4 Å². The third-order valence-corrected chi connectivity index (χ3v) is 2.76. The number of nitrogens with zero attached hydrogens (tertiary/aromatic N) is 1. The number of anilines is 1. The zero-order valence-corrected chi connectivity index (χ0v) is 11.1. The molecular weight excluding hydrogens is 272 g/mol. The molecule has 0 radical (unpaired) electrons. The van der Waals surface area contributed by atoms with E-state index in [2.05, 4.69) is 26.2 Å². The van der Waals surface area contributed by atoms with Crippen LogP contribution in [0.5, 0.6) is 0 Å². The second-order valence-corrected chi connectivity index (χ2v) is 5.28. The van der Waals surface area contributed by atoms with Gasteiger partial charge >= 0.3 is 5.97 Å². The lowest BCUT2D eigenvalue weighted by Gasteiger charge is -2.20. The molecule has 5 heteroatoms. The second-order valence-electron chi connectivity index (χ2n) is 4.36. The summed E-state index contributed by atoms with van der Waals surface area (Å²) in [4.78, 5) is 15.1. The fraction of sp³-hybridized carbons (Fsp3) is 0.455. The van der Waals surface area contributed by atoms with Gasteiger partial charge in [0.2, 0.25) is 0 Å². The smallest absolute Gasteiger partial charge is 0.310 e. The SMILES string of the molecule is Cc1cc(Br)cnc1NCC(C)(C)C(=O)O. The molecule has 0 aromatic carbocycles. The van der Waals surface area contributed by atoms with E-state index in [0.717, 1.165) is 15.9 Å². The molecular formula is C11H15BrN2O2. The lowest BCUT2D eigenvalue weighted by Crippen LogP contribution is -2.32. The summed E-state index contributed by atoms with van der Waals surface area (Å²) in [5.74, 6) is -0.104. The highest BCUT2D eigenvalue weighted by Crippen LogP contribution is 2.20. The molecule has 0 saturated heterocycles. The van der Waals surface area contributed by atoms with Crippen LogP contribution in [0.2, 0.25) is 0 Å². The Balaban J connectivity index is 2.72. The van der Waals surface area contributed by atoms with Crippen molar-refractivity contribution in [3.63, 3.8) is 0 Å². The highest BCUT2D eigenvalue weighted by molar-refractivity contribution is 9.10. The van der Waals surface area contributed by atoms with Gasteiger partial charge in [0.05, 0.1) is 5.41 Å². The molecule has 0 unspecified atom stereocenters. The van der Waals surface area contributed by atoms with E-state index in [9.17, 15) is 4.79 Å². The van der Waals surface area contributed by atoms with Crippen LogP contribution in [0.15, 0.2) is 16.7 Å². The van der Waals surface area contributed by atoms with Gasteiger partial charge in [-0.25, -0.2) is 4.98 Å². The number of aliphatic carboxylic acids is 1. The summed E-state index contributed by atoms with van der Waals surface area (Å²) in [5, 5.41) is 12.0. The summed E-state index contributed by atoms with van der Waals surface area (Å²) < 4.78 is 0.910. The number of hydrogen-bond acceptors (Lipinski definition) is 3. The van der Waals surface area contributed by atoms with Crippen molar-refractivity contribution in [1.29, 1.82) is 0 Å². The largest absolute Gasteiger partial charge is 0.481 e. The lowest BCUT2D eigenvalue weighted by molar-refractivity contribution is -0.146. The minimum Gasteiger partial charge on any atom is -0.481 e. The van der Waals surface area contributed by atoms with Crippen molar-refractivity contribution in [1.82, 2.24) is 4.98 Å². The summed E-state index contributed by atoms with van der Waals surface area (Å²) >= 11 is 3.33. The van der Waals surface area contributed by atoms with E-state index in [1.54, 1.807) is 20.0 Å². The predicted octanol–water partition coefficient (Wildman–Crippen LogP) is 2.68. The number of carbonyl (C=O) groups is 1. The van der Waals surface area contributed by atoms with Crippen molar-refractivity contribution in [2.45, 2.75) is 20.8 Å². The number of halogens is 1. The molecule has 0 aliphatic carbocycles. The number of aromatic nitrogens is 1. The van der Waals surface area contributed by atoms with Gasteiger partial charge in [0.25, 0.3) is 0 Å². The van der Waals surface area contributed by atoms with Crippen molar-refractivity contribution >= 4 is 27.7 Å². The highest BCUT2D eigenvalue weighted by atomic mass is 79.9. The Morgan fingerprint density at radius 2 is 2.25 bits per heavy atom. The Hall–Kier alpha value is -1.10. The molecule has 1 rings (SSSR count). The second kappa shape index (κ2) is 4.82. The number of pyridine rings is 1. The van der Waals surface area contributed by atoms with Gasteiger partial charge in [-0.05, 0) is 48.3 Å². The normalized spacial score (nSPS) is 11.2. The fourth-order valence-corrected chi connectivity index (χ4v) is 1.55. The topological polar surface area (TPSA) is 62.2 Å². The minimum absolute atomic E-state index is 0.345. The van der Waals surface area contributed by atoms with Crippen LogP contribution >= 0.6 is 15.9 Å². The van der Waals surface area contributed by atoms with Crippen molar-refractivity contribution in [3.05, 3.63) is 22.3 Å². The van der Waals surface area contributed by atoms with Gasteiger partial charge in [-0.15, -0.1) is 0 Å². The quantitative estimate of drug-likeness (QED) is 0.893. The fourth-order valence-electron chi connectivity index (χ4n) is 1.11. The molecule has 1 heterocycles. The first kappa shape index (κ1) is 13.0. The molecule has 16 heavy (non-hydrogen) atoms. The van der Waals surface area contributed by atoms with Crippen LogP contribution in [0.25, 0.3) is 0 Å².